The Labute approximate surface area is 118 Å². The number of carbonyl (C=O) groups is 1. The predicted molar refractivity (Wildman–Crippen MR) is 79.2 cm³/mol. The van der Waals surface area contributed by atoms with Crippen molar-refractivity contribution < 1.29 is 9.90 Å². The number of fused-ring (bicyclic) bond motifs is 1. The number of hydrogen-bond acceptors (Lipinski definition) is 4. The van der Waals surface area contributed by atoms with E-state index < -0.39 is 5.97 Å². The third-order valence-corrected chi connectivity index (χ3v) is 2.94. The fourth-order valence-electron chi connectivity index (χ4n) is 2.36. The largest absolute Gasteiger partial charge is 0.476 e. The highest BCUT2D eigenvalue weighted by molar-refractivity contribution is 6.02. The molecule has 0 fully saturated rings. The van der Waals surface area contributed by atoms with Crippen LogP contribution in [-0.2, 0) is 0 Å². The third-order valence-electron chi connectivity index (χ3n) is 2.94. The average Bonchev–Trinajstić information content (AvgIpc) is 2.35. The van der Waals surface area contributed by atoms with Crippen molar-refractivity contribution >= 4 is 22.6 Å². The second-order valence-electron chi connectivity index (χ2n) is 6.14. The standard InChI is InChI=1S/C15H19N3O2/c1-15(2,3)9-18(4)13-10-7-5-6-8-11(10)16-17-12(13)14(19)20/h5-8H,9H2,1-4H3,(H,19,20). The molecule has 1 heterocycles. The van der Waals surface area contributed by atoms with Gasteiger partial charge < -0.3 is 10.0 Å². The molecule has 0 amide bonds. The monoisotopic (exact) mass is 273 g/mol. The van der Waals surface area contributed by atoms with Gasteiger partial charge in [-0.25, -0.2) is 4.79 Å². The van der Waals surface area contributed by atoms with E-state index in [4.69, 9.17) is 0 Å². The van der Waals surface area contributed by atoms with Crippen LogP contribution in [0.25, 0.3) is 10.9 Å². The van der Waals surface area contributed by atoms with E-state index in [0.29, 0.717) is 11.2 Å². The van der Waals surface area contributed by atoms with Crippen LogP contribution in [0.4, 0.5) is 5.69 Å². The fourth-order valence-corrected chi connectivity index (χ4v) is 2.36. The van der Waals surface area contributed by atoms with Crippen LogP contribution in [0, 0.1) is 5.41 Å². The lowest BCUT2D eigenvalue weighted by Crippen LogP contribution is -2.31. The van der Waals surface area contributed by atoms with Gasteiger partial charge in [0, 0.05) is 19.0 Å². The number of anilines is 1. The zero-order valence-corrected chi connectivity index (χ0v) is 12.2. The number of carboxylic acid groups (broad SMARTS) is 1. The number of rotatable bonds is 3. The molecule has 20 heavy (non-hydrogen) atoms. The lowest BCUT2D eigenvalue weighted by atomic mass is 9.95. The summed E-state index contributed by atoms with van der Waals surface area (Å²) in [6, 6.07) is 7.46. The Balaban J connectivity index is 2.63. The first-order valence-corrected chi connectivity index (χ1v) is 6.49. The second kappa shape index (κ2) is 5.07. The number of benzene rings is 1. The summed E-state index contributed by atoms with van der Waals surface area (Å²) in [7, 11) is 1.89. The molecule has 0 aliphatic heterocycles. The molecule has 1 aromatic heterocycles. The van der Waals surface area contributed by atoms with Crippen LogP contribution in [0.5, 0.6) is 0 Å². The molecule has 106 valence electrons. The van der Waals surface area contributed by atoms with Crippen molar-refractivity contribution in [3.63, 3.8) is 0 Å². The third kappa shape index (κ3) is 2.87. The molecule has 0 bridgehead atoms. The van der Waals surface area contributed by atoms with Gasteiger partial charge in [-0.1, -0.05) is 39.0 Å². The molecule has 0 saturated heterocycles. The molecule has 5 nitrogen and oxygen atoms in total. The van der Waals surface area contributed by atoms with Crippen LogP contribution in [0.15, 0.2) is 24.3 Å². The molecule has 0 saturated carbocycles. The van der Waals surface area contributed by atoms with Gasteiger partial charge in [0.05, 0.1) is 11.2 Å². The molecule has 0 radical (unpaired) electrons. The summed E-state index contributed by atoms with van der Waals surface area (Å²) in [5.74, 6) is -1.06. The average molecular weight is 273 g/mol. The van der Waals surface area contributed by atoms with Gasteiger partial charge in [0.15, 0.2) is 5.69 Å². The van der Waals surface area contributed by atoms with Gasteiger partial charge in [0.25, 0.3) is 0 Å². The van der Waals surface area contributed by atoms with Gasteiger partial charge in [-0.2, -0.15) is 0 Å². The summed E-state index contributed by atoms with van der Waals surface area (Å²) in [4.78, 5) is 13.4. The highest BCUT2D eigenvalue weighted by Crippen LogP contribution is 2.29. The predicted octanol–water partition coefficient (Wildman–Crippen LogP) is 2.81. The van der Waals surface area contributed by atoms with Crippen LogP contribution in [0.1, 0.15) is 31.3 Å². The highest BCUT2D eigenvalue weighted by Gasteiger charge is 2.22. The van der Waals surface area contributed by atoms with E-state index in [1.165, 1.54) is 0 Å². The van der Waals surface area contributed by atoms with Crippen molar-refractivity contribution in [2.24, 2.45) is 5.41 Å². The first-order chi connectivity index (χ1) is 9.29. The smallest absolute Gasteiger partial charge is 0.358 e. The van der Waals surface area contributed by atoms with Crippen molar-refractivity contribution in [3.8, 4) is 0 Å². The van der Waals surface area contributed by atoms with Crippen LogP contribution >= 0.6 is 0 Å². The Hall–Kier alpha value is -2.17. The van der Waals surface area contributed by atoms with Gasteiger partial charge in [0.1, 0.15) is 0 Å². The maximum Gasteiger partial charge on any atom is 0.358 e. The van der Waals surface area contributed by atoms with Gasteiger partial charge in [-0.3, -0.25) is 0 Å². The van der Waals surface area contributed by atoms with Crippen molar-refractivity contribution in [2.75, 3.05) is 18.5 Å². The van der Waals surface area contributed by atoms with Crippen LogP contribution in [0.2, 0.25) is 0 Å². The Kier molecular flexibility index (Phi) is 3.61. The van der Waals surface area contributed by atoms with Crippen molar-refractivity contribution in [3.05, 3.63) is 30.0 Å². The minimum atomic E-state index is -1.06. The topological polar surface area (TPSA) is 66.3 Å². The molecule has 2 aromatic rings. The molecular weight excluding hydrogens is 254 g/mol. The maximum atomic E-state index is 11.4. The summed E-state index contributed by atoms with van der Waals surface area (Å²) in [5, 5.41) is 18.0. The zero-order chi connectivity index (χ0) is 14.9. The van der Waals surface area contributed by atoms with Crippen molar-refractivity contribution in [1.82, 2.24) is 10.2 Å². The minimum Gasteiger partial charge on any atom is -0.476 e. The Morgan fingerprint density at radius 3 is 2.50 bits per heavy atom. The fraction of sp³-hybridized carbons (Fsp3) is 0.400. The minimum absolute atomic E-state index is 0.00421. The number of aromatic carboxylic acids is 1. The van der Waals surface area contributed by atoms with Gasteiger partial charge in [0.2, 0.25) is 0 Å². The summed E-state index contributed by atoms with van der Waals surface area (Å²) < 4.78 is 0. The summed E-state index contributed by atoms with van der Waals surface area (Å²) in [5.41, 5.74) is 1.37. The van der Waals surface area contributed by atoms with Crippen molar-refractivity contribution in [1.29, 1.82) is 0 Å². The molecule has 0 spiro atoms. The molecule has 1 aromatic carbocycles. The molecule has 0 aliphatic carbocycles. The molecule has 5 heteroatoms. The van der Waals surface area contributed by atoms with E-state index in [-0.39, 0.29) is 11.1 Å². The Morgan fingerprint density at radius 2 is 1.90 bits per heavy atom. The number of aromatic nitrogens is 2. The van der Waals surface area contributed by atoms with E-state index in [2.05, 4.69) is 31.0 Å². The molecule has 0 atom stereocenters. The summed E-state index contributed by atoms with van der Waals surface area (Å²) in [6.07, 6.45) is 0. The molecule has 1 N–H and O–H groups in total. The normalized spacial score (nSPS) is 11.6. The van der Waals surface area contributed by atoms with Gasteiger partial charge in [-0.05, 0) is 11.5 Å². The van der Waals surface area contributed by atoms with E-state index in [1.54, 1.807) is 0 Å². The quantitative estimate of drug-likeness (QED) is 0.931. The van der Waals surface area contributed by atoms with E-state index in [0.717, 1.165) is 11.9 Å². The molecule has 0 aliphatic rings. The lowest BCUT2D eigenvalue weighted by molar-refractivity contribution is 0.0690. The Morgan fingerprint density at radius 1 is 1.25 bits per heavy atom. The van der Waals surface area contributed by atoms with Crippen LogP contribution in [-0.4, -0.2) is 34.9 Å². The summed E-state index contributed by atoms with van der Waals surface area (Å²) in [6.45, 7) is 7.06. The number of carboxylic acids is 1. The van der Waals surface area contributed by atoms with Crippen molar-refractivity contribution in [2.45, 2.75) is 20.8 Å². The lowest BCUT2D eigenvalue weighted by Gasteiger charge is -2.29. The van der Waals surface area contributed by atoms with Crippen LogP contribution < -0.4 is 4.90 Å². The van der Waals surface area contributed by atoms with Crippen LogP contribution in [0.3, 0.4) is 0 Å². The number of nitrogens with zero attached hydrogens (tertiary/aromatic N) is 3. The molecular formula is C15H19N3O2. The first-order valence-electron chi connectivity index (χ1n) is 6.49. The zero-order valence-electron chi connectivity index (χ0n) is 12.2. The van der Waals surface area contributed by atoms with E-state index in [9.17, 15) is 9.90 Å². The van der Waals surface area contributed by atoms with E-state index in [1.807, 2.05) is 36.2 Å². The summed E-state index contributed by atoms with van der Waals surface area (Å²) >= 11 is 0. The number of hydrogen-bond donors (Lipinski definition) is 1. The Bertz CT molecular complexity index is 647. The maximum absolute atomic E-state index is 11.4. The first kappa shape index (κ1) is 14.2. The molecule has 0 unspecified atom stereocenters. The highest BCUT2D eigenvalue weighted by atomic mass is 16.4. The second-order valence-corrected chi connectivity index (χ2v) is 6.14. The van der Waals surface area contributed by atoms with Gasteiger partial charge >= 0.3 is 5.97 Å². The van der Waals surface area contributed by atoms with Gasteiger partial charge in [-0.15, -0.1) is 10.2 Å². The molecule has 2 rings (SSSR count). The SMILES string of the molecule is CN(CC(C)(C)C)c1c(C(=O)O)nnc2ccccc12. The van der Waals surface area contributed by atoms with E-state index >= 15 is 0 Å².